The summed E-state index contributed by atoms with van der Waals surface area (Å²) >= 11 is 0. The van der Waals surface area contributed by atoms with Gasteiger partial charge in [0.25, 0.3) is 0 Å². The lowest BCUT2D eigenvalue weighted by Gasteiger charge is -2.27. The van der Waals surface area contributed by atoms with Crippen molar-refractivity contribution in [2.45, 2.75) is 66.0 Å². The molecular weight excluding hydrogens is 196 g/mol. The van der Waals surface area contributed by atoms with Crippen molar-refractivity contribution < 1.29 is 4.58 Å². The molecule has 0 heterocycles. The molecule has 2 nitrogen and oxygen atoms in total. The van der Waals surface area contributed by atoms with E-state index in [1.54, 1.807) is 0 Å². The molecule has 2 heteroatoms. The van der Waals surface area contributed by atoms with Crippen LogP contribution in [0.2, 0.25) is 0 Å². The zero-order chi connectivity index (χ0) is 12.8. The highest BCUT2D eigenvalue weighted by atomic mass is 15.1. The maximum atomic E-state index is 4.12. The van der Waals surface area contributed by atoms with Crippen molar-refractivity contribution in [1.82, 2.24) is 5.32 Å². The van der Waals surface area contributed by atoms with E-state index in [4.69, 9.17) is 0 Å². The van der Waals surface area contributed by atoms with Gasteiger partial charge < -0.3 is 5.32 Å². The number of hydrogen-bond acceptors (Lipinski definition) is 1. The Labute approximate surface area is 101 Å². The van der Waals surface area contributed by atoms with Gasteiger partial charge >= 0.3 is 0 Å². The first kappa shape index (κ1) is 15.4. The van der Waals surface area contributed by atoms with Gasteiger partial charge in [0.15, 0.2) is 5.70 Å². The lowest BCUT2D eigenvalue weighted by molar-refractivity contribution is -0.473. The molecule has 0 bridgehead atoms. The molecule has 0 fully saturated rings. The first-order chi connectivity index (χ1) is 7.35. The molecule has 0 rings (SSSR count). The summed E-state index contributed by atoms with van der Waals surface area (Å²) in [5, 5.41) is 3.65. The van der Waals surface area contributed by atoms with Crippen LogP contribution in [0.15, 0.2) is 11.8 Å². The van der Waals surface area contributed by atoms with Crippen LogP contribution < -0.4 is 5.32 Å². The Kier molecular flexibility index (Phi) is 6.58. The smallest absolute Gasteiger partial charge is 0.193 e. The summed E-state index contributed by atoms with van der Waals surface area (Å²) in [5.74, 6) is 0. The van der Waals surface area contributed by atoms with Gasteiger partial charge in [-0.25, -0.2) is 4.58 Å². The van der Waals surface area contributed by atoms with Crippen LogP contribution in [0.1, 0.15) is 54.4 Å². The van der Waals surface area contributed by atoms with Crippen LogP contribution in [0.4, 0.5) is 0 Å². The second kappa shape index (κ2) is 6.85. The Balaban J connectivity index is 4.71. The fraction of sp³-hybridized carbons (Fsp3) is 0.786. The van der Waals surface area contributed by atoms with E-state index in [1.807, 2.05) is 0 Å². The fourth-order valence-electron chi connectivity index (χ4n) is 1.91. The molecule has 0 saturated heterocycles. The maximum absolute atomic E-state index is 4.12. The van der Waals surface area contributed by atoms with Crippen molar-refractivity contribution in [3.63, 3.8) is 0 Å². The normalized spacial score (nSPS) is 15.0. The van der Waals surface area contributed by atoms with E-state index in [-0.39, 0.29) is 5.54 Å². The molecule has 1 atom stereocenters. The van der Waals surface area contributed by atoms with E-state index in [0.717, 1.165) is 19.4 Å². The van der Waals surface area contributed by atoms with Gasteiger partial charge in [0.1, 0.15) is 13.3 Å². The first-order valence-electron chi connectivity index (χ1n) is 6.37. The predicted octanol–water partition coefficient (Wildman–Crippen LogP) is 3.18. The fourth-order valence-corrected chi connectivity index (χ4v) is 1.91. The Morgan fingerprint density at radius 1 is 1.38 bits per heavy atom. The predicted molar refractivity (Wildman–Crippen MR) is 73.3 cm³/mol. The van der Waals surface area contributed by atoms with E-state index in [0.29, 0.717) is 6.04 Å². The van der Waals surface area contributed by atoms with E-state index >= 15 is 0 Å². The molecule has 0 aromatic rings. The average Bonchev–Trinajstić information content (AvgIpc) is 2.16. The third kappa shape index (κ3) is 5.45. The van der Waals surface area contributed by atoms with E-state index in [2.05, 4.69) is 64.2 Å². The molecule has 0 aromatic carbocycles. The molecule has 0 saturated carbocycles. The van der Waals surface area contributed by atoms with Gasteiger partial charge in [-0.05, 0) is 40.2 Å². The molecule has 0 radical (unpaired) electrons. The van der Waals surface area contributed by atoms with Gasteiger partial charge in [0.2, 0.25) is 0 Å². The highest BCUT2D eigenvalue weighted by Crippen LogP contribution is 2.12. The van der Waals surface area contributed by atoms with Gasteiger partial charge in [-0.3, -0.25) is 0 Å². The lowest BCUT2D eigenvalue weighted by atomic mass is 10.0. The number of nitrogens with zero attached hydrogens (tertiary/aromatic N) is 1. The van der Waals surface area contributed by atoms with Crippen molar-refractivity contribution in [1.29, 1.82) is 0 Å². The molecular formula is C14H29N2+. The summed E-state index contributed by atoms with van der Waals surface area (Å²) in [6.07, 6.45) is 4.40. The summed E-state index contributed by atoms with van der Waals surface area (Å²) in [7, 11) is 0. The van der Waals surface area contributed by atoms with Crippen LogP contribution in [0.3, 0.4) is 0 Å². The molecule has 0 spiro atoms. The van der Waals surface area contributed by atoms with Gasteiger partial charge in [0.05, 0.1) is 6.04 Å². The Bertz CT molecular complexity index is 246. The number of hydrogen-bond donors (Lipinski definition) is 1. The standard InChI is InChI=1S/C14H29N2/c1-8-11-16(7)13(10-3)12(9-2)15-14(4,5)6/h10,12,15H,7-9,11H2,1-6H3/q+1. The number of nitrogens with one attached hydrogen (secondary N) is 1. The summed E-state index contributed by atoms with van der Waals surface area (Å²) in [6.45, 7) is 18.2. The molecule has 0 aromatic heterocycles. The van der Waals surface area contributed by atoms with Gasteiger partial charge in [-0.2, -0.15) is 0 Å². The van der Waals surface area contributed by atoms with Crippen molar-refractivity contribution in [3.05, 3.63) is 11.8 Å². The van der Waals surface area contributed by atoms with E-state index in [9.17, 15) is 0 Å². The van der Waals surface area contributed by atoms with Crippen LogP contribution in [-0.2, 0) is 0 Å². The van der Waals surface area contributed by atoms with Gasteiger partial charge in [0, 0.05) is 12.0 Å². The Morgan fingerprint density at radius 2 is 1.94 bits per heavy atom. The zero-order valence-corrected chi connectivity index (χ0v) is 11.9. The summed E-state index contributed by atoms with van der Waals surface area (Å²) in [5.41, 5.74) is 1.45. The summed E-state index contributed by atoms with van der Waals surface area (Å²) in [6, 6.07) is 0.397. The number of rotatable bonds is 6. The summed E-state index contributed by atoms with van der Waals surface area (Å²) < 4.78 is 2.12. The van der Waals surface area contributed by atoms with E-state index < -0.39 is 0 Å². The monoisotopic (exact) mass is 225 g/mol. The first-order valence-corrected chi connectivity index (χ1v) is 6.37. The Morgan fingerprint density at radius 3 is 2.25 bits per heavy atom. The second-order valence-electron chi connectivity index (χ2n) is 5.33. The average molecular weight is 225 g/mol. The highest BCUT2D eigenvalue weighted by molar-refractivity contribution is 5.18. The molecule has 94 valence electrons. The summed E-state index contributed by atoms with van der Waals surface area (Å²) in [4.78, 5) is 0. The lowest BCUT2D eigenvalue weighted by Crippen LogP contribution is -2.46. The van der Waals surface area contributed by atoms with Crippen LogP contribution in [0.25, 0.3) is 0 Å². The molecule has 1 unspecified atom stereocenters. The molecule has 0 aliphatic rings. The molecule has 0 aliphatic heterocycles. The third-order valence-corrected chi connectivity index (χ3v) is 2.53. The minimum absolute atomic E-state index is 0.141. The topological polar surface area (TPSA) is 15.0 Å². The second-order valence-corrected chi connectivity index (χ2v) is 5.33. The molecule has 0 amide bonds. The van der Waals surface area contributed by atoms with Crippen LogP contribution in [0.5, 0.6) is 0 Å². The Hall–Kier alpha value is -0.630. The van der Waals surface area contributed by atoms with Crippen LogP contribution >= 0.6 is 0 Å². The zero-order valence-electron chi connectivity index (χ0n) is 11.9. The van der Waals surface area contributed by atoms with E-state index in [1.165, 1.54) is 5.70 Å². The number of allylic oxidation sites excluding steroid dienone is 1. The van der Waals surface area contributed by atoms with Crippen LogP contribution in [0, 0.1) is 0 Å². The molecule has 16 heavy (non-hydrogen) atoms. The minimum atomic E-state index is 0.141. The quantitative estimate of drug-likeness (QED) is 0.542. The SMILES string of the molecule is C=[N+](CCC)C(=CC)C(CC)NC(C)(C)C. The molecule has 0 aliphatic carbocycles. The van der Waals surface area contributed by atoms with Crippen molar-refractivity contribution in [3.8, 4) is 0 Å². The van der Waals surface area contributed by atoms with Gasteiger partial charge in [-0.15, -0.1) is 0 Å². The third-order valence-electron chi connectivity index (χ3n) is 2.53. The molecule has 1 N–H and O–H groups in total. The maximum Gasteiger partial charge on any atom is 0.193 e. The minimum Gasteiger partial charge on any atom is -0.300 e. The van der Waals surface area contributed by atoms with Crippen molar-refractivity contribution in [2.24, 2.45) is 0 Å². The largest absolute Gasteiger partial charge is 0.300 e. The van der Waals surface area contributed by atoms with Gasteiger partial charge in [-0.1, -0.05) is 13.8 Å². The van der Waals surface area contributed by atoms with Crippen molar-refractivity contribution >= 4 is 6.72 Å². The highest BCUT2D eigenvalue weighted by Gasteiger charge is 2.24. The van der Waals surface area contributed by atoms with Crippen molar-refractivity contribution in [2.75, 3.05) is 6.54 Å². The van der Waals surface area contributed by atoms with Crippen LogP contribution in [-0.4, -0.2) is 29.4 Å².